The number of hydrogen-bond acceptors (Lipinski definition) is 3. The topological polar surface area (TPSA) is 70.6 Å². The van der Waals surface area contributed by atoms with Gasteiger partial charge in [-0.25, -0.2) is 0 Å². The van der Waals surface area contributed by atoms with Gasteiger partial charge >= 0.3 is 0 Å². The van der Waals surface area contributed by atoms with Gasteiger partial charge in [0.2, 0.25) is 0 Å². The summed E-state index contributed by atoms with van der Waals surface area (Å²) in [6, 6.07) is 0.745. The van der Waals surface area contributed by atoms with Crippen LogP contribution in [0.3, 0.4) is 0 Å². The van der Waals surface area contributed by atoms with E-state index in [0.29, 0.717) is 18.4 Å². The molecular weight excluding hydrogens is 178 g/mol. The van der Waals surface area contributed by atoms with E-state index in [1.807, 2.05) is 6.92 Å². The molecule has 0 saturated heterocycles. The highest BCUT2D eigenvalue weighted by atomic mass is 16.4. The fraction of sp³-hybridized carbons (Fsp3) is 0.900. The number of rotatable bonds is 6. The molecule has 0 aromatic rings. The first-order chi connectivity index (χ1) is 6.51. The van der Waals surface area contributed by atoms with E-state index in [0.717, 1.165) is 6.42 Å². The maximum Gasteiger partial charge on any atom is 0.140 e. The molecule has 0 amide bonds. The third kappa shape index (κ3) is 5.07. The second kappa shape index (κ2) is 6.65. The van der Waals surface area contributed by atoms with E-state index in [-0.39, 0.29) is 11.9 Å². The van der Waals surface area contributed by atoms with Gasteiger partial charge in [0.25, 0.3) is 0 Å². The number of nitrogens with zero attached hydrogens (tertiary/aromatic N) is 1. The number of nitrogens with two attached hydrogens (primary N) is 1. The number of amidine groups is 1. The molecule has 4 heteroatoms. The van der Waals surface area contributed by atoms with Crippen molar-refractivity contribution in [2.45, 2.75) is 52.6 Å². The van der Waals surface area contributed by atoms with Gasteiger partial charge in [-0.15, -0.1) is 0 Å². The summed E-state index contributed by atoms with van der Waals surface area (Å²) in [5.74, 6) is 0.887. The van der Waals surface area contributed by atoms with E-state index in [4.69, 9.17) is 10.9 Å². The van der Waals surface area contributed by atoms with Crippen LogP contribution in [0.4, 0.5) is 0 Å². The molecule has 0 heterocycles. The first kappa shape index (κ1) is 13.2. The highest BCUT2D eigenvalue weighted by molar-refractivity contribution is 5.80. The van der Waals surface area contributed by atoms with E-state index in [9.17, 15) is 0 Å². The van der Waals surface area contributed by atoms with Crippen LogP contribution in [0.5, 0.6) is 0 Å². The smallest absolute Gasteiger partial charge is 0.140 e. The average Bonchev–Trinajstić information content (AvgIpc) is 2.13. The fourth-order valence-electron chi connectivity index (χ4n) is 1.56. The van der Waals surface area contributed by atoms with Crippen LogP contribution < -0.4 is 11.1 Å². The van der Waals surface area contributed by atoms with Crippen LogP contribution in [-0.4, -0.2) is 23.1 Å². The minimum Gasteiger partial charge on any atom is -0.409 e. The largest absolute Gasteiger partial charge is 0.409 e. The summed E-state index contributed by atoms with van der Waals surface area (Å²) >= 11 is 0. The molecular formula is C10H23N3O. The van der Waals surface area contributed by atoms with Crippen molar-refractivity contribution in [2.24, 2.45) is 16.8 Å². The van der Waals surface area contributed by atoms with Crippen molar-refractivity contribution in [1.82, 2.24) is 5.32 Å². The third-order valence-corrected chi connectivity index (χ3v) is 2.39. The molecule has 0 aromatic heterocycles. The van der Waals surface area contributed by atoms with Crippen molar-refractivity contribution in [3.63, 3.8) is 0 Å². The SMILES string of the molecule is CCC(NC(C)CC(N)=NO)C(C)C. The lowest BCUT2D eigenvalue weighted by atomic mass is 10.0. The van der Waals surface area contributed by atoms with Gasteiger partial charge in [-0.2, -0.15) is 0 Å². The van der Waals surface area contributed by atoms with Gasteiger partial charge < -0.3 is 16.3 Å². The molecule has 0 aromatic carbocycles. The minimum atomic E-state index is 0.248. The second-order valence-corrected chi connectivity index (χ2v) is 4.12. The third-order valence-electron chi connectivity index (χ3n) is 2.39. The predicted octanol–water partition coefficient (Wildman–Crippen LogP) is 1.54. The zero-order valence-electron chi connectivity index (χ0n) is 9.62. The molecule has 0 rings (SSSR count). The van der Waals surface area contributed by atoms with Gasteiger partial charge in [0.15, 0.2) is 0 Å². The van der Waals surface area contributed by atoms with Crippen molar-refractivity contribution in [1.29, 1.82) is 0 Å². The molecule has 2 atom stereocenters. The van der Waals surface area contributed by atoms with Gasteiger partial charge in [0, 0.05) is 18.5 Å². The molecule has 84 valence electrons. The van der Waals surface area contributed by atoms with Gasteiger partial charge in [0.1, 0.15) is 5.84 Å². The van der Waals surface area contributed by atoms with Crippen LogP contribution in [0.15, 0.2) is 5.16 Å². The Morgan fingerprint density at radius 3 is 2.36 bits per heavy atom. The predicted molar refractivity (Wildman–Crippen MR) is 59.5 cm³/mol. The maximum atomic E-state index is 8.42. The first-order valence-corrected chi connectivity index (χ1v) is 5.23. The van der Waals surface area contributed by atoms with Crippen LogP contribution in [-0.2, 0) is 0 Å². The molecule has 0 spiro atoms. The quantitative estimate of drug-likeness (QED) is 0.264. The van der Waals surface area contributed by atoms with Crippen LogP contribution in [0.1, 0.15) is 40.5 Å². The Bertz CT molecular complexity index is 180. The van der Waals surface area contributed by atoms with Gasteiger partial charge in [0.05, 0.1) is 0 Å². The second-order valence-electron chi connectivity index (χ2n) is 4.12. The molecule has 0 aliphatic carbocycles. The highest BCUT2D eigenvalue weighted by Crippen LogP contribution is 2.07. The number of nitrogens with one attached hydrogen (secondary N) is 1. The highest BCUT2D eigenvalue weighted by Gasteiger charge is 2.14. The molecule has 14 heavy (non-hydrogen) atoms. The van der Waals surface area contributed by atoms with E-state index in [2.05, 4.69) is 31.2 Å². The van der Waals surface area contributed by atoms with E-state index in [1.165, 1.54) is 0 Å². The lowest BCUT2D eigenvalue weighted by Gasteiger charge is -2.25. The van der Waals surface area contributed by atoms with Crippen molar-refractivity contribution in [3.05, 3.63) is 0 Å². The average molecular weight is 201 g/mol. The Balaban J connectivity index is 3.96. The Morgan fingerprint density at radius 1 is 1.43 bits per heavy atom. The molecule has 0 fully saturated rings. The normalized spacial score (nSPS) is 17.1. The Labute approximate surface area is 86.6 Å². The molecule has 2 unspecified atom stereocenters. The molecule has 4 N–H and O–H groups in total. The number of oxime groups is 1. The molecule has 0 aliphatic rings. The van der Waals surface area contributed by atoms with Crippen LogP contribution in [0.25, 0.3) is 0 Å². The summed E-state index contributed by atoms with van der Waals surface area (Å²) in [6.45, 7) is 8.59. The molecule has 0 bridgehead atoms. The Hall–Kier alpha value is -0.770. The van der Waals surface area contributed by atoms with Crippen molar-refractivity contribution >= 4 is 5.84 Å². The Kier molecular flexibility index (Phi) is 6.28. The standard InChI is InChI=1S/C10H23N3O/c1-5-9(7(2)3)12-8(4)6-10(11)13-14/h7-9,12,14H,5-6H2,1-4H3,(H2,11,13). The van der Waals surface area contributed by atoms with Gasteiger partial charge in [-0.05, 0) is 19.3 Å². The zero-order chi connectivity index (χ0) is 11.1. The van der Waals surface area contributed by atoms with E-state index < -0.39 is 0 Å². The van der Waals surface area contributed by atoms with E-state index in [1.54, 1.807) is 0 Å². The molecule has 4 nitrogen and oxygen atoms in total. The van der Waals surface area contributed by atoms with Crippen LogP contribution >= 0.6 is 0 Å². The van der Waals surface area contributed by atoms with Gasteiger partial charge in [-0.1, -0.05) is 25.9 Å². The van der Waals surface area contributed by atoms with Crippen LogP contribution in [0, 0.1) is 5.92 Å². The van der Waals surface area contributed by atoms with Crippen molar-refractivity contribution in [2.75, 3.05) is 0 Å². The molecule has 0 aliphatic heterocycles. The van der Waals surface area contributed by atoms with Crippen molar-refractivity contribution < 1.29 is 5.21 Å². The fourth-order valence-corrected chi connectivity index (χ4v) is 1.56. The lowest BCUT2D eigenvalue weighted by molar-refractivity contribution is 0.313. The zero-order valence-corrected chi connectivity index (χ0v) is 9.62. The summed E-state index contributed by atoms with van der Waals surface area (Å²) in [4.78, 5) is 0. The van der Waals surface area contributed by atoms with E-state index >= 15 is 0 Å². The minimum absolute atomic E-state index is 0.248. The summed E-state index contributed by atoms with van der Waals surface area (Å²) in [6.07, 6.45) is 1.68. The molecule has 0 saturated carbocycles. The van der Waals surface area contributed by atoms with Crippen molar-refractivity contribution in [3.8, 4) is 0 Å². The number of hydrogen-bond donors (Lipinski definition) is 3. The summed E-state index contributed by atoms with van der Waals surface area (Å²) in [5.41, 5.74) is 5.43. The van der Waals surface area contributed by atoms with Crippen LogP contribution in [0.2, 0.25) is 0 Å². The summed E-state index contributed by atoms with van der Waals surface area (Å²) in [7, 11) is 0. The lowest BCUT2D eigenvalue weighted by Crippen LogP contribution is -2.41. The first-order valence-electron chi connectivity index (χ1n) is 5.23. The summed E-state index contributed by atoms with van der Waals surface area (Å²) < 4.78 is 0. The molecule has 0 radical (unpaired) electrons. The summed E-state index contributed by atoms with van der Waals surface area (Å²) in [5, 5.41) is 14.8. The monoisotopic (exact) mass is 201 g/mol. The Morgan fingerprint density at radius 2 is 2.00 bits per heavy atom. The van der Waals surface area contributed by atoms with Gasteiger partial charge in [-0.3, -0.25) is 0 Å². The maximum absolute atomic E-state index is 8.42.